The average molecular weight is 402 g/mol. The Morgan fingerprint density at radius 1 is 1.19 bits per heavy atom. The Kier molecular flexibility index (Phi) is 5.20. The minimum absolute atomic E-state index is 0.00311. The fraction of sp³-hybridized carbons (Fsp3) is 0.529. The molecule has 2 aromatic heterocycles. The normalized spacial score (nSPS) is 16.5. The van der Waals surface area contributed by atoms with Crippen molar-refractivity contribution in [1.29, 1.82) is 0 Å². The highest BCUT2D eigenvalue weighted by Gasteiger charge is 2.36. The Balaban J connectivity index is 2.03. The van der Waals surface area contributed by atoms with E-state index in [0.717, 1.165) is 55.3 Å². The number of rotatable bonds is 4. The van der Waals surface area contributed by atoms with E-state index >= 15 is 0 Å². The lowest BCUT2D eigenvalue weighted by atomic mass is 9.94. The molecule has 0 saturated heterocycles. The molecule has 1 saturated carbocycles. The number of hydrogen-bond acceptors (Lipinski definition) is 5. The summed E-state index contributed by atoms with van der Waals surface area (Å²) in [6.45, 7) is 0. The maximum absolute atomic E-state index is 13.2. The fourth-order valence-electron chi connectivity index (χ4n) is 3.30. The maximum Gasteiger partial charge on any atom is 0.435 e. The van der Waals surface area contributed by atoms with Crippen LogP contribution in [0, 0.1) is 0 Å². The number of aromatic nitrogens is 3. The second-order valence-electron chi connectivity index (χ2n) is 6.82. The number of halogens is 3. The molecule has 0 bridgehead atoms. The lowest BCUT2D eigenvalue weighted by Crippen LogP contribution is -2.34. The van der Waals surface area contributed by atoms with Gasteiger partial charge in [-0.2, -0.15) is 23.0 Å². The molecule has 3 rings (SSSR count). The smallest absolute Gasteiger partial charge is 0.357 e. The minimum atomic E-state index is -4.58. The average Bonchev–Trinajstić information content (AvgIpc) is 3.07. The molecule has 10 heteroatoms. The summed E-state index contributed by atoms with van der Waals surface area (Å²) in [4.78, 5) is 5.84. The molecular formula is C17H21F3N4O2S. The lowest BCUT2D eigenvalue weighted by Gasteiger charge is -2.32. The van der Waals surface area contributed by atoms with E-state index in [9.17, 15) is 21.6 Å². The first-order chi connectivity index (χ1) is 12.6. The predicted octanol–water partition coefficient (Wildman–Crippen LogP) is 3.46. The Morgan fingerprint density at radius 2 is 1.85 bits per heavy atom. The molecule has 1 aliphatic rings. The molecule has 148 valence electrons. The molecule has 0 aromatic carbocycles. The van der Waals surface area contributed by atoms with Gasteiger partial charge in [0.15, 0.2) is 21.3 Å². The first-order valence-electron chi connectivity index (χ1n) is 8.64. The van der Waals surface area contributed by atoms with Crippen molar-refractivity contribution < 1.29 is 21.6 Å². The molecule has 0 unspecified atom stereocenters. The highest BCUT2D eigenvalue weighted by Crippen LogP contribution is 2.34. The van der Waals surface area contributed by atoms with E-state index in [0.29, 0.717) is 0 Å². The molecule has 0 radical (unpaired) electrons. The van der Waals surface area contributed by atoms with Gasteiger partial charge in [0.2, 0.25) is 0 Å². The van der Waals surface area contributed by atoms with Crippen LogP contribution < -0.4 is 4.90 Å². The Bertz CT molecular complexity index is 901. The van der Waals surface area contributed by atoms with Crippen LogP contribution in [0.25, 0.3) is 5.82 Å². The summed E-state index contributed by atoms with van der Waals surface area (Å²) in [6, 6.07) is 3.82. The first-order valence-corrected chi connectivity index (χ1v) is 10.5. The van der Waals surface area contributed by atoms with E-state index < -0.39 is 21.7 Å². The van der Waals surface area contributed by atoms with Crippen LogP contribution in [0.15, 0.2) is 29.3 Å². The Hall–Kier alpha value is -2.10. The van der Waals surface area contributed by atoms with Crippen molar-refractivity contribution in [1.82, 2.24) is 14.8 Å². The molecule has 1 fully saturated rings. The fourth-order valence-corrected chi connectivity index (χ4v) is 3.86. The summed E-state index contributed by atoms with van der Waals surface area (Å²) < 4.78 is 64.0. The zero-order valence-electron chi connectivity index (χ0n) is 15.1. The molecule has 0 spiro atoms. The van der Waals surface area contributed by atoms with Crippen molar-refractivity contribution in [3.8, 4) is 5.82 Å². The molecule has 0 amide bonds. The van der Waals surface area contributed by atoms with Gasteiger partial charge in [-0.05, 0) is 25.0 Å². The van der Waals surface area contributed by atoms with Crippen LogP contribution in [0.4, 0.5) is 19.0 Å². The second kappa shape index (κ2) is 7.14. The quantitative estimate of drug-likeness (QED) is 0.784. The molecular weight excluding hydrogens is 381 g/mol. The number of hydrogen-bond donors (Lipinski definition) is 0. The van der Waals surface area contributed by atoms with Gasteiger partial charge >= 0.3 is 6.18 Å². The largest absolute Gasteiger partial charge is 0.435 e. The standard InChI is InChI=1S/C17H21F3N4O2S/c1-23(12-6-4-3-5-7-12)16-10-14(17(18,19)20)22-24(16)15-9-8-13(11-21-15)27(2,25)26/h8-12H,3-7H2,1-2H3. The molecule has 27 heavy (non-hydrogen) atoms. The minimum Gasteiger partial charge on any atom is -0.357 e. The van der Waals surface area contributed by atoms with E-state index in [1.54, 1.807) is 7.05 Å². The first kappa shape index (κ1) is 19.7. The second-order valence-corrected chi connectivity index (χ2v) is 8.84. The number of sulfone groups is 1. The summed E-state index contributed by atoms with van der Waals surface area (Å²) in [7, 11) is -1.69. The van der Waals surface area contributed by atoms with Crippen molar-refractivity contribution in [2.24, 2.45) is 0 Å². The van der Waals surface area contributed by atoms with Gasteiger partial charge in [-0.3, -0.25) is 0 Å². The predicted molar refractivity (Wildman–Crippen MR) is 94.7 cm³/mol. The lowest BCUT2D eigenvalue weighted by molar-refractivity contribution is -0.141. The van der Waals surface area contributed by atoms with Crippen LogP contribution in [-0.2, 0) is 16.0 Å². The topological polar surface area (TPSA) is 68.1 Å². The third kappa shape index (κ3) is 4.26. The summed E-state index contributed by atoms with van der Waals surface area (Å²) in [5, 5.41) is 3.70. The Labute approximate surface area is 155 Å². The van der Waals surface area contributed by atoms with Crippen molar-refractivity contribution in [2.45, 2.75) is 49.2 Å². The van der Waals surface area contributed by atoms with E-state index in [4.69, 9.17) is 0 Å². The zero-order chi connectivity index (χ0) is 19.8. The van der Waals surface area contributed by atoms with Gasteiger partial charge in [0, 0.05) is 31.6 Å². The number of nitrogens with zero attached hydrogens (tertiary/aromatic N) is 4. The van der Waals surface area contributed by atoms with Gasteiger partial charge < -0.3 is 4.90 Å². The van der Waals surface area contributed by atoms with Gasteiger partial charge in [-0.15, -0.1) is 0 Å². The molecule has 2 heterocycles. The van der Waals surface area contributed by atoms with E-state index in [1.807, 2.05) is 4.90 Å². The van der Waals surface area contributed by atoms with Crippen LogP contribution in [0.2, 0.25) is 0 Å². The maximum atomic E-state index is 13.2. The third-order valence-electron chi connectivity index (χ3n) is 4.83. The Morgan fingerprint density at radius 3 is 2.37 bits per heavy atom. The van der Waals surface area contributed by atoms with Crippen molar-refractivity contribution in [3.63, 3.8) is 0 Å². The van der Waals surface area contributed by atoms with Crippen molar-refractivity contribution in [3.05, 3.63) is 30.1 Å². The van der Waals surface area contributed by atoms with Crippen molar-refractivity contribution in [2.75, 3.05) is 18.2 Å². The molecule has 6 nitrogen and oxygen atoms in total. The summed E-state index contributed by atoms with van der Waals surface area (Å²) in [5.41, 5.74) is -1.01. The number of anilines is 1. The van der Waals surface area contributed by atoms with Crippen LogP contribution in [0.3, 0.4) is 0 Å². The van der Waals surface area contributed by atoms with Crippen LogP contribution >= 0.6 is 0 Å². The van der Waals surface area contributed by atoms with Gasteiger partial charge in [-0.1, -0.05) is 19.3 Å². The highest BCUT2D eigenvalue weighted by molar-refractivity contribution is 7.90. The van der Waals surface area contributed by atoms with Crippen LogP contribution in [0.5, 0.6) is 0 Å². The SMILES string of the molecule is CN(c1cc(C(F)(F)F)nn1-c1ccc(S(C)(=O)=O)cn1)C1CCCCC1. The van der Waals surface area contributed by atoms with Gasteiger partial charge in [0.1, 0.15) is 5.82 Å². The van der Waals surface area contributed by atoms with E-state index in [-0.39, 0.29) is 22.6 Å². The molecule has 2 aromatic rings. The zero-order valence-corrected chi connectivity index (χ0v) is 15.9. The molecule has 0 aliphatic heterocycles. The molecule has 0 N–H and O–H groups in total. The van der Waals surface area contributed by atoms with Crippen molar-refractivity contribution >= 4 is 15.7 Å². The summed E-state index contributed by atoms with van der Waals surface area (Å²) >= 11 is 0. The van der Waals surface area contributed by atoms with Gasteiger partial charge in [0.05, 0.1) is 4.90 Å². The van der Waals surface area contributed by atoms with E-state index in [1.165, 1.54) is 12.1 Å². The summed E-state index contributed by atoms with van der Waals surface area (Å²) in [5.74, 6) is 0.421. The number of pyridine rings is 1. The van der Waals surface area contributed by atoms with Crippen LogP contribution in [0.1, 0.15) is 37.8 Å². The molecule has 0 atom stereocenters. The highest BCUT2D eigenvalue weighted by atomic mass is 32.2. The third-order valence-corrected chi connectivity index (χ3v) is 5.93. The monoisotopic (exact) mass is 402 g/mol. The van der Waals surface area contributed by atoms with E-state index in [2.05, 4.69) is 10.1 Å². The van der Waals surface area contributed by atoms with Gasteiger partial charge in [-0.25, -0.2) is 13.4 Å². The molecule has 1 aliphatic carbocycles. The van der Waals surface area contributed by atoms with Gasteiger partial charge in [0.25, 0.3) is 0 Å². The summed E-state index contributed by atoms with van der Waals surface area (Å²) in [6.07, 6.45) is 2.61. The van der Waals surface area contributed by atoms with Crippen LogP contribution in [-0.4, -0.2) is 42.5 Å². The number of alkyl halides is 3.